The zero-order valence-electron chi connectivity index (χ0n) is 19.6. The van der Waals surface area contributed by atoms with Gasteiger partial charge < -0.3 is 10.2 Å². The average Bonchev–Trinajstić information content (AvgIpc) is 3.03. The minimum atomic E-state index is -4.13. The number of rotatable bonds is 11. The van der Waals surface area contributed by atoms with Gasteiger partial charge in [0.25, 0.3) is 15.9 Å². The maximum absolute atomic E-state index is 13.4. The molecule has 0 aromatic heterocycles. The minimum Gasteiger partial charge on any atom is -0.354 e. The maximum atomic E-state index is 13.4. The second-order valence-corrected chi connectivity index (χ2v) is 10.0. The number of nitrogens with zero attached hydrogens (tertiary/aromatic N) is 2. The molecular weight excluding hydrogens is 454 g/mol. The Morgan fingerprint density at radius 3 is 2.35 bits per heavy atom. The highest BCUT2D eigenvalue weighted by Gasteiger charge is 2.43. The van der Waals surface area contributed by atoms with Gasteiger partial charge >= 0.3 is 0 Å². The predicted molar refractivity (Wildman–Crippen MR) is 129 cm³/mol. The second-order valence-electron chi connectivity index (χ2n) is 8.20. The van der Waals surface area contributed by atoms with Gasteiger partial charge in [0.1, 0.15) is 17.5 Å². The maximum Gasteiger partial charge on any atom is 0.269 e. The molecule has 8 nitrogen and oxygen atoms in total. The van der Waals surface area contributed by atoms with Crippen molar-refractivity contribution in [2.24, 2.45) is 0 Å². The molecule has 0 aliphatic carbocycles. The van der Waals surface area contributed by atoms with E-state index in [0.717, 1.165) is 18.4 Å². The number of nitrogens with one attached hydrogen (secondary N) is 1. The first kappa shape index (κ1) is 25.4. The number of hydrogen-bond acceptors (Lipinski definition) is 5. The molecule has 34 heavy (non-hydrogen) atoms. The van der Waals surface area contributed by atoms with Crippen molar-refractivity contribution in [3.05, 3.63) is 65.7 Å². The number of carbonyl (C=O) groups excluding carboxylic acids is 3. The van der Waals surface area contributed by atoms with Crippen LogP contribution in [0.5, 0.6) is 0 Å². The molecule has 0 radical (unpaired) electrons. The molecule has 0 spiro atoms. The van der Waals surface area contributed by atoms with Gasteiger partial charge in [0.2, 0.25) is 11.8 Å². The number of carbonyl (C=O) groups is 3. The second kappa shape index (κ2) is 11.3. The van der Waals surface area contributed by atoms with E-state index in [9.17, 15) is 22.8 Å². The van der Waals surface area contributed by atoms with Gasteiger partial charge in [0.15, 0.2) is 0 Å². The molecule has 1 aliphatic rings. The highest BCUT2D eigenvalue weighted by Crippen LogP contribution is 2.30. The summed E-state index contributed by atoms with van der Waals surface area (Å²) in [6.07, 6.45) is 2.59. The largest absolute Gasteiger partial charge is 0.354 e. The molecule has 2 aromatic rings. The summed E-state index contributed by atoms with van der Waals surface area (Å²) < 4.78 is 26.5. The Bertz CT molecular complexity index is 1130. The topological polar surface area (TPSA) is 104 Å². The fourth-order valence-corrected chi connectivity index (χ4v) is 5.52. The Kier molecular flexibility index (Phi) is 8.44. The van der Waals surface area contributed by atoms with E-state index in [2.05, 4.69) is 5.32 Å². The van der Waals surface area contributed by atoms with Crippen LogP contribution in [0.25, 0.3) is 0 Å². The molecule has 0 fully saturated rings. The highest BCUT2D eigenvalue weighted by molar-refractivity contribution is 7.90. The molecule has 3 amide bonds. The number of unbranched alkanes of at least 4 members (excludes halogenated alkanes) is 1. The van der Waals surface area contributed by atoms with Gasteiger partial charge in [-0.15, -0.1) is 0 Å². The molecule has 3 rings (SSSR count). The first-order valence-corrected chi connectivity index (χ1v) is 13.0. The van der Waals surface area contributed by atoms with Crippen LogP contribution in [0.3, 0.4) is 0 Å². The highest BCUT2D eigenvalue weighted by atomic mass is 32.2. The minimum absolute atomic E-state index is 0.0514. The number of hydrogen-bond donors (Lipinski definition) is 1. The Hall–Kier alpha value is -3.20. The van der Waals surface area contributed by atoms with Crippen molar-refractivity contribution in [2.75, 3.05) is 19.6 Å². The van der Waals surface area contributed by atoms with Crippen LogP contribution in [0, 0.1) is 0 Å². The third-order valence-electron chi connectivity index (χ3n) is 5.89. The van der Waals surface area contributed by atoms with Crippen molar-refractivity contribution in [2.45, 2.75) is 50.5 Å². The molecule has 0 saturated heterocycles. The SMILES string of the molecule is CCCCNC(=O)C(CC)N(CCc1ccccc1)C(=O)CN1C(=O)c2ccccc2S1(=O)=O. The predicted octanol–water partition coefficient (Wildman–Crippen LogP) is 2.60. The molecular formula is C25H31N3O5S. The van der Waals surface area contributed by atoms with Crippen LogP contribution < -0.4 is 5.32 Å². The van der Waals surface area contributed by atoms with Gasteiger partial charge in [-0.2, -0.15) is 0 Å². The zero-order chi connectivity index (χ0) is 24.7. The zero-order valence-corrected chi connectivity index (χ0v) is 20.4. The van der Waals surface area contributed by atoms with Crippen LogP contribution in [-0.4, -0.2) is 61.0 Å². The first-order chi connectivity index (χ1) is 16.3. The van der Waals surface area contributed by atoms with Gasteiger partial charge in [-0.05, 0) is 37.0 Å². The fraction of sp³-hybridized carbons (Fsp3) is 0.400. The summed E-state index contributed by atoms with van der Waals surface area (Å²) in [5.41, 5.74) is 1.04. The van der Waals surface area contributed by atoms with Crippen LogP contribution in [0.15, 0.2) is 59.5 Å². The van der Waals surface area contributed by atoms with E-state index in [1.54, 1.807) is 13.0 Å². The summed E-state index contributed by atoms with van der Waals surface area (Å²) in [5.74, 6) is -1.60. The monoisotopic (exact) mass is 485 g/mol. The number of fused-ring (bicyclic) bond motifs is 1. The van der Waals surface area contributed by atoms with Crippen molar-refractivity contribution in [1.29, 1.82) is 0 Å². The van der Waals surface area contributed by atoms with Gasteiger partial charge in [-0.1, -0.05) is 62.7 Å². The third kappa shape index (κ3) is 5.47. The molecule has 1 heterocycles. The Morgan fingerprint density at radius 1 is 1.03 bits per heavy atom. The van der Waals surface area contributed by atoms with Crippen LogP contribution >= 0.6 is 0 Å². The van der Waals surface area contributed by atoms with E-state index in [1.807, 2.05) is 37.3 Å². The molecule has 9 heteroatoms. The molecule has 182 valence electrons. The van der Waals surface area contributed by atoms with Crippen LogP contribution in [0.2, 0.25) is 0 Å². The molecule has 0 saturated carbocycles. The van der Waals surface area contributed by atoms with Gasteiger partial charge in [-0.3, -0.25) is 14.4 Å². The van der Waals surface area contributed by atoms with E-state index < -0.39 is 34.4 Å². The van der Waals surface area contributed by atoms with Gasteiger partial charge in [0.05, 0.1) is 5.56 Å². The Morgan fingerprint density at radius 2 is 1.71 bits per heavy atom. The van der Waals surface area contributed by atoms with Crippen molar-refractivity contribution < 1.29 is 22.8 Å². The van der Waals surface area contributed by atoms with Crippen LogP contribution in [0.4, 0.5) is 0 Å². The van der Waals surface area contributed by atoms with E-state index in [1.165, 1.54) is 23.1 Å². The summed E-state index contributed by atoms with van der Waals surface area (Å²) in [6.45, 7) is 3.90. The lowest BCUT2D eigenvalue weighted by Gasteiger charge is -2.31. The van der Waals surface area contributed by atoms with Crippen molar-refractivity contribution in [1.82, 2.24) is 14.5 Å². The molecule has 1 atom stereocenters. The number of benzene rings is 2. The molecule has 1 N–H and O–H groups in total. The van der Waals surface area contributed by atoms with Crippen LogP contribution in [-0.2, 0) is 26.0 Å². The molecule has 1 unspecified atom stereocenters. The Balaban J connectivity index is 1.83. The van der Waals surface area contributed by atoms with Crippen molar-refractivity contribution >= 4 is 27.7 Å². The molecule has 1 aliphatic heterocycles. The third-order valence-corrected chi connectivity index (χ3v) is 7.68. The van der Waals surface area contributed by atoms with E-state index in [0.29, 0.717) is 23.7 Å². The fourth-order valence-electron chi connectivity index (χ4n) is 4.00. The first-order valence-electron chi connectivity index (χ1n) is 11.6. The summed E-state index contributed by atoms with van der Waals surface area (Å²) >= 11 is 0. The van der Waals surface area contributed by atoms with E-state index in [4.69, 9.17) is 0 Å². The van der Waals surface area contributed by atoms with Gasteiger partial charge in [-0.25, -0.2) is 12.7 Å². The van der Waals surface area contributed by atoms with E-state index >= 15 is 0 Å². The standard InChI is InChI=1S/C25H31N3O5S/c1-3-5-16-26-24(30)21(4-2)27(17-15-19-11-7-6-8-12-19)23(29)18-28-25(31)20-13-9-10-14-22(20)34(28,32)33/h6-14,21H,3-5,15-18H2,1-2H3,(H,26,30). The number of sulfonamides is 1. The lowest BCUT2D eigenvalue weighted by Crippen LogP contribution is -2.53. The summed E-state index contributed by atoms with van der Waals surface area (Å²) in [7, 11) is -4.13. The molecule has 2 aromatic carbocycles. The Labute approximate surface area is 201 Å². The quantitative estimate of drug-likeness (QED) is 0.493. The van der Waals surface area contributed by atoms with Crippen LogP contribution in [0.1, 0.15) is 49.0 Å². The normalized spacial score (nSPS) is 15.0. The summed E-state index contributed by atoms with van der Waals surface area (Å²) in [4.78, 5) is 40.4. The molecule has 0 bridgehead atoms. The summed E-state index contributed by atoms with van der Waals surface area (Å²) in [5, 5.41) is 2.87. The van der Waals surface area contributed by atoms with Gasteiger partial charge in [0, 0.05) is 13.1 Å². The smallest absolute Gasteiger partial charge is 0.269 e. The lowest BCUT2D eigenvalue weighted by atomic mass is 10.1. The summed E-state index contributed by atoms with van der Waals surface area (Å²) in [6, 6.07) is 14.7. The number of amides is 3. The van der Waals surface area contributed by atoms with Crippen molar-refractivity contribution in [3.8, 4) is 0 Å². The lowest BCUT2D eigenvalue weighted by molar-refractivity contribution is -0.140. The van der Waals surface area contributed by atoms with E-state index in [-0.39, 0.29) is 22.9 Å². The average molecular weight is 486 g/mol. The van der Waals surface area contributed by atoms with Crippen molar-refractivity contribution in [3.63, 3.8) is 0 Å².